The summed E-state index contributed by atoms with van der Waals surface area (Å²) in [5.74, 6) is 0. The van der Waals surface area contributed by atoms with Crippen molar-refractivity contribution in [2.75, 3.05) is 6.54 Å². The predicted molar refractivity (Wildman–Crippen MR) is 112 cm³/mol. The Morgan fingerprint density at radius 2 is 1.70 bits per heavy atom. The summed E-state index contributed by atoms with van der Waals surface area (Å²) in [5.41, 5.74) is 2.42. The first-order valence-corrected chi connectivity index (χ1v) is 10.3. The van der Waals surface area contributed by atoms with Crippen molar-refractivity contribution in [3.63, 3.8) is 0 Å². The molecule has 5 heteroatoms. The number of hydrogen-bond acceptors (Lipinski definition) is 2. The summed E-state index contributed by atoms with van der Waals surface area (Å²) >= 11 is 0. The number of aromatic nitrogens is 1. The molecule has 1 heterocycles. The molecule has 3 aromatic rings. The monoisotopic (exact) mass is 410 g/mol. The minimum Gasteiger partial charge on any atom is -0.305 e. The maximum atomic E-state index is 13.0. The zero-order valence-electron chi connectivity index (χ0n) is 16.7. The minimum atomic E-state index is -4.29. The lowest BCUT2D eigenvalue weighted by atomic mass is 9.92. The van der Waals surface area contributed by atoms with Crippen LogP contribution in [0.5, 0.6) is 0 Å². The molecule has 1 fully saturated rings. The fourth-order valence-corrected chi connectivity index (χ4v) is 4.05. The van der Waals surface area contributed by atoms with Crippen LogP contribution in [-0.2, 0) is 12.6 Å². The van der Waals surface area contributed by atoms with Gasteiger partial charge in [-0.2, -0.15) is 13.2 Å². The highest BCUT2D eigenvalue weighted by molar-refractivity contribution is 5.29. The fraction of sp³-hybridized carbons (Fsp3) is 0.320. The second kappa shape index (κ2) is 8.60. The van der Waals surface area contributed by atoms with Gasteiger partial charge in [-0.15, -0.1) is 0 Å². The van der Waals surface area contributed by atoms with Gasteiger partial charge in [0.1, 0.15) is 0 Å². The van der Waals surface area contributed by atoms with Crippen LogP contribution in [0.3, 0.4) is 0 Å². The van der Waals surface area contributed by atoms with E-state index in [-0.39, 0.29) is 11.5 Å². The first-order valence-electron chi connectivity index (χ1n) is 10.3. The number of hydrogen-bond donors (Lipinski definition) is 1. The van der Waals surface area contributed by atoms with Crippen molar-refractivity contribution < 1.29 is 13.2 Å². The van der Waals surface area contributed by atoms with Gasteiger partial charge in [0.05, 0.1) is 17.3 Å². The molecule has 0 aliphatic heterocycles. The van der Waals surface area contributed by atoms with Crippen molar-refractivity contribution in [2.24, 2.45) is 5.41 Å². The smallest absolute Gasteiger partial charge is 0.305 e. The highest BCUT2D eigenvalue weighted by Gasteiger charge is 2.42. The summed E-state index contributed by atoms with van der Waals surface area (Å²) < 4.78 is 39.0. The molecular formula is C25H25F3N2. The van der Waals surface area contributed by atoms with Crippen LogP contribution in [0.1, 0.15) is 47.7 Å². The Balaban J connectivity index is 1.41. The molecule has 1 unspecified atom stereocenters. The molecule has 2 nitrogen and oxygen atoms in total. The first-order chi connectivity index (χ1) is 14.5. The molecular weight excluding hydrogens is 385 g/mol. The Kier molecular flexibility index (Phi) is 5.91. The lowest BCUT2D eigenvalue weighted by Gasteiger charge is -2.22. The van der Waals surface area contributed by atoms with Gasteiger partial charge >= 0.3 is 6.18 Å². The maximum absolute atomic E-state index is 13.0. The van der Waals surface area contributed by atoms with Crippen molar-refractivity contribution in [1.29, 1.82) is 0 Å². The third kappa shape index (κ3) is 5.08. The van der Waals surface area contributed by atoms with Gasteiger partial charge in [-0.3, -0.25) is 4.98 Å². The van der Waals surface area contributed by atoms with Crippen LogP contribution in [0, 0.1) is 5.41 Å². The van der Waals surface area contributed by atoms with E-state index in [1.165, 1.54) is 12.1 Å². The molecule has 1 aromatic heterocycles. The molecule has 4 rings (SSSR count). The molecule has 0 spiro atoms. The summed E-state index contributed by atoms with van der Waals surface area (Å²) in [7, 11) is 0. The summed E-state index contributed by atoms with van der Waals surface area (Å²) in [6.07, 6.45) is 1.25. The van der Waals surface area contributed by atoms with Crippen LogP contribution < -0.4 is 5.32 Å². The third-order valence-electron chi connectivity index (χ3n) is 5.91. The van der Waals surface area contributed by atoms with Crippen LogP contribution in [0.4, 0.5) is 13.2 Å². The van der Waals surface area contributed by atoms with E-state index in [4.69, 9.17) is 0 Å². The topological polar surface area (TPSA) is 24.9 Å². The molecule has 2 aromatic carbocycles. The molecule has 1 aliphatic rings. The molecule has 1 N–H and O–H groups in total. The van der Waals surface area contributed by atoms with Crippen LogP contribution in [0.15, 0.2) is 79.0 Å². The molecule has 0 radical (unpaired) electrons. The normalized spacial score (nSPS) is 16.2. The van der Waals surface area contributed by atoms with E-state index in [1.54, 1.807) is 6.20 Å². The average molecular weight is 410 g/mol. The summed E-state index contributed by atoms with van der Waals surface area (Å²) in [5, 5.41) is 3.63. The highest BCUT2D eigenvalue weighted by atomic mass is 19.4. The van der Waals surface area contributed by atoms with E-state index in [2.05, 4.69) is 22.4 Å². The van der Waals surface area contributed by atoms with Gasteiger partial charge in [0.2, 0.25) is 0 Å². The molecule has 1 aliphatic carbocycles. The second-order valence-corrected chi connectivity index (χ2v) is 8.18. The van der Waals surface area contributed by atoms with Gasteiger partial charge in [-0.1, -0.05) is 54.6 Å². The number of halogens is 3. The quantitative estimate of drug-likeness (QED) is 0.479. The van der Waals surface area contributed by atoms with Gasteiger partial charge in [0, 0.05) is 6.20 Å². The molecule has 0 saturated heterocycles. The Hall–Kier alpha value is -2.66. The van der Waals surface area contributed by atoms with Gasteiger partial charge in [-0.25, -0.2) is 0 Å². The lowest BCUT2D eigenvalue weighted by molar-refractivity contribution is -0.137. The SMILES string of the molecule is FC(F)(F)c1cccc(CC2(CCNC(c3ccccc3)c3ccccn3)CC2)c1. The fourth-order valence-electron chi connectivity index (χ4n) is 4.05. The van der Waals surface area contributed by atoms with Crippen LogP contribution >= 0.6 is 0 Å². The highest BCUT2D eigenvalue weighted by Crippen LogP contribution is 2.51. The second-order valence-electron chi connectivity index (χ2n) is 8.18. The van der Waals surface area contributed by atoms with Crippen molar-refractivity contribution in [1.82, 2.24) is 10.3 Å². The first kappa shape index (κ1) is 20.6. The van der Waals surface area contributed by atoms with Gasteiger partial charge in [-0.05, 0) is 67.0 Å². The Labute approximate surface area is 175 Å². The van der Waals surface area contributed by atoms with E-state index >= 15 is 0 Å². The van der Waals surface area contributed by atoms with Gasteiger partial charge < -0.3 is 5.32 Å². The molecule has 30 heavy (non-hydrogen) atoms. The van der Waals surface area contributed by atoms with E-state index in [1.807, 2.05) is 42.5 Å². The largest absolute Gasteiger partial charge is 0.416 e. The maximum Gasteiger partial charge on any atom is 0.416 e. The summed E-state index contributed by atoms with van der Waals surface area (Å²) in [4.78, 5) is 4.52. The minimum absolute atomic E-state index is 0.00300. The van der Waals surface area contributed by atoms with Crippen molar-refractivity contribution in [3.8, 4) is 0 Å². The Bertz CT molecular complexity index is 911. The molecule has 156 valence electrons. The zero-order chi connectivity index (χ0) is 21.0. The van der Waals surface area contributed by atoms with Crippen LogP contribution in [0.25, 0.3) is 0 Å². The number of nitrogens with one attached hydrogen (secondary N) is 1. The van der Waals surface area contributed by atoms with Gasteiger partial charge in [0.25, 0.3) is 0 Å². The number of pyridine rings is 1. The van der Waals surface area contributed by atoms with E-state index < -0.39 is 11.7 Å². The molecule has 1 saturated carbocycles. The third-order valence-corrected chi connectivity index (χ3v) is 5.91. The molecule has 0 amide bonds. The standard InChI is InChI=1S/C25H25F3N2/c26-25(27,28)21-10-6-7-19(17-21)18-24(12-13-24)14-16-30-23(20-8-2-1-3-9-20)22-11-4-5-15-29-22/h1-11,15,17,23,30H,12-14,16,18H2. The van der Waals surface area contributed by atoms with Crippen LogP contribution in [-0.4, -0.2) is 11.5 Å². The lowest BCUT2D eigenvalue weighted by Crippen LogP contribution is -2.26. The zero-order valence-corrected chi connectivity index (χ0v) is 16.7. The molecule has 1 atom stereocenters. The number of nitrogens with zero attached hydrogens (tertiary/aromatic N) is 1. The number of benzene rings is 2. The van der Waals surface area contributed by atoms with E-state index in [9.17, 15) is 13.2 Å². The van der Waals surface area contributed by atoms with E-state index in [0.29, 0.717) is 6.42 Å². The number of alkyl halides is 3. The molecule has 0 bridgehead atoms. The van der Waals surface area contributed by atoms with E-state index in [0.717, 1.165) is 48.7 Å². The Morgan fingerprint density at radius 3 is 2.37 bits per heavy atom. The summed E-state index contributed by atoms with van der Waals surface area (Å²) in [6.45, 7) is 0.787. The average Bonchev–Trinajstić information content (AvgIpc) is 3.51. The predicted octanol–water partition coefficient (Wildman–Crippen LogP) is 6.19. The summed E-state index contributed by atoms with van der Waals surface area (Å²) in [6, 6.07) is 21.9. The van der Waals surface area contributed by atoms with Crippen molar-refractivity contribution in [2.45, 2.75) is 37.9 Å². The number of rotatable bonds is 8. The van der Waals surface area contributed by atoms with Gasteiger partial charge in [0.15, 0.2) is 0 Å². The Morgan fingerprint density at radius 1 is 0.933 bits per heavy atom. The van der Waals surface area contributed by atoms with Crippen molar-refractivity contribution >= 4 is 0 Å². The van der Waals surface area contributed by atoms with Crippen LogP contribution in [0.2, 0.25) is 0 Å². The van der Waals surface area contributed by atoms with Crippen molar-refractivity contribution in [3.05, 3.63) is 101 Å².